The minimum atomic E-state index is -5.15. The van der Waals surface area contributed by atoms with E-state index in [1.165, 1.54) is 44.9 Å². The molecule has 1 unspecified atom stereocenters. The van der Waals surface area contributed by atoms with Crippen LogP contribution in [0.25, 0.3) is 0 Å². The van der Waals surface area contributed by atoms with E-state index in [0.29, 0.717) is 6.61 Å². The van der Waals surface area contributed by atoms with Crippen molar-refractivity contribution in [1.82, 2.24) is 0 Å². The third kappa shape index (κ3) is 27.8. The van der Waals surface area contributed by atoms with Gasteiger partial charge < -0.3 is 36.0 Å². The number of rotatable bonds is 22. The number of unbranched alkanes of at least 4 members (excludes halogenated alkanes) is 9. The molecule has 0 bridgehead atoms. The fourth-order valence-corrected chi connectivity index (χ4v) is 4.39. The zero-order valence-electron chi connectivity index (χ0n) is 21.9. The molecule has 0 spiro atoms. The molecule has 19 heteroatoms. The number of aliphatic hydroxyl groups is 5. The molecule has 0 saturated carbocycles. The summed E-state index contributed by atoms with van der Waals surface area (Å²) < 4.78 is 64.9. The van der Waals surface area contributed by atoms with Crippen molar-refractivity contribution in [3.8, 4) is 0 Å². The minimum absolute atomic E-state index is 0. The maximum atomic E-state index is 11.3. The van der Waals surface area contributed by atoms with Gasteiger partial charge in [0.05, 0.1) is 6.61 Å². The van der Waals surface area contributed by atoms with E-state index in [0.717, 1.165) is 19.3 Å². The van der Waals surface area contributed by atoms with Crippen molar-refractivity contribution in [2.45, 2.75) is 115 Å². The van der Waals surface area contributed by atoms with E-state index in [2.05, 4.69) is 20.5 Å². The number of carbonyl (C=O) groups excluding carboxylic acids is 1. The molecule has 234 valence electrons. The molecule has 8 N–H and O–H groups in total. The van der Waals surface area contributed by atoms with Crippen LogP contribution in [0.4, 0.5) is 0 Å². The van der Waals surface area contributed by atoms with E-state index in [9.17, 15) is 21.6 Å². The molecule has 0 saturated heterocycles. The van der Waals surface area contributed by atoms with E-state index in [4.69, 9.17) is 34.8 Å². The molecule has 0 fully saturated rings. The van der Waals surface area contributed by atoms with Gasteiger partial charge in [0.2, 0.25) is 5.91 Å². The Kier molecular flexibility index (Phi) is 33.0. The van der Waals surface area contributed by atoms with Crippen LogP contribution in [0, 0.1) is 0 Å². The molecule has 1 amide bonds. The predicted octanol–water partition coefficient (Wildman–Crippen LogP) is -1.65. The van der Waals surface area contributed by atoms with Crippen molar-refractivity contribution >= 4 is 85.8 Å². The van der Waals surface area contributed by atoms with Crippen LogP contribution in [-0.2, 0) is 38.1 Å². The van der Waals surface area contributed by atoms with Gasteiger partial charge in [-0.1, -0.05) is 71.6 Å². The molecule has 0 aliphatic rings. The summed E-state index contributed by atoms with van der Waals surface area (Å²) in [4.78, 5) is 10.3. The van der Waals surface area contributed by atoms with Gasteiger partial charge in [0.15, 0.2) is 12.4 Å². The van der Waals surface area contributed by atoms with Gasteiger partial charge in [0.25, 0.3) is 0 Å². The van der Waals surface area contributed by atoms with Gasteiger partial charge in [-0.2, -0.15) is 16.8 Å². The molecule has 0 aliphatic heterocycles. The van der Waals surface area contributed by atoms with Crippen LogP contribution in [0.1, 0.15) is 84.5 Å². The zero-order chi connectivity index (χ0) is 29.8. The van der Waals surface area contributed by atoms with Gasteiger partial charge in [-0.25, -0.2) is 4.18 Å². The first-order valence-electron chi connectivity index (χ1n) is 12.5. The Labute approximate surface area is 282 Å². The Morgan fingerprint density at radius 2 is 1.25 bits per heavy atom. The fourth-order valence-electron chi connectivity index (χ4n) is 2.96. The van der Waals surface area contributed by atoms with E-state index in [1.54, 1.807) is 6.92 Å². The van der Waals surface area contributed by atoms with E-state index < -0.39 is 64.0 Å². The second-order valence-corrected chi connectivity index (χ2v) is 10.9. The number of amides is 1. The summed E-state index contributed by atoms with van der Waals surface area (Å²) in [6, 6.07) is 0. The van der Waals surface area contributed by atoms with Crippen molar-refractivity contribution in [2.24, 2.45) is 5.73 Å². The van der Waals surface area contributed by atoms with E-state index in [-0.39, 0.29) is 65.5 Å². The predicted molar refractivity (Wildman–Crippen MR) is 149 cm³/mol. The molecular formula is C21H47NNa2O14S2. The number of carbonyl (C=O) groups is 1. The Morgan fingerprint density at radius 1 is 0.800 bits per heavy atom. The van der Waals surface area contributed by atoms with Gasteiger partial charge in [0, 0.05) is 6.61 Å². The molecule has 0 aliphatic carbocycles. The van der Waals surface area contributed by atoms with Crippen LogP contribution in [0.2, 0.25) is 0 Å². The second kappa shape index (κ2) is 27.6. The molecule has 0 radical (unpaired) electrons. The van der Waals surface area contributed by atoms with Gasteiger partial charge in [-0.05, 0) is 12.8 Å². The summed E-state index contributed by atoms with van der Waals surface area (Å²) in [6.07, 6.45) is 3.37. The summed E-state index contributed by atoms with van der Waals surface area (Å²) in [5.41, 5.74) is 4.61. The van der Waals surface area contributed by atoms with Crippen molar-refractivity contribution in [3.63, 3.8) is 0 Å². The van der Waals surface area contributed by atoms with Gasteiger partial charge >= 0.3 is 79.9 Å². The molecule has 0 rings (SSSR count). The summed E-state index contributed by atoms with van der Waals surface area (Å²) in [5, 5.41) is 44.0. The fraction of sp³-hybridized carbons (Fsp3) is 0.952. The quantitative estimate of drug-likeness (QED) is 0.0301. The number of aliphatic hydroxyl groups excluding tert-OH is 5. The number of hydrogen-bond acceptors (Lipinski definition) is 13. The van der Waals surface area contributed by atoms with Crippen molar-refractivity contribution in [3.05, 3.63) is 0 Å². The summed E-state index contributed by atoms with van der Waals surface area (Å²) in [6.45, 7) is 3.32. The van der Waals surface area contributed by atoms with Crippen LogP contribution < -0.4 is 5.73 Å². The first-order chi connectivity index (χ1) is 17.6. The Bertz CT molecular complexity index is 820. The van der Waals surface area contributed by atoms with Crippen LogP contribution in [0.5, 0.6) is 0 Å². The zero-order valence-corrected chi connectivity index (χ0v) is 23.6. The SMILES string of the molecule is CCCCCCCCCCCCOC(CC)OS(=O)(=O)OS(=O)(=O)O.NC(=O)[C@H](O)[C@@H](O)[C@H](O)[C@H](O)CO.[NaH].[NaH]. The van der Waals surface area contributed by atoms with E-state index >= 15 is 0 Å². The molecule has 0 aromatic carbocycles. The first-order valence-corrected chi connectivity index (χ1v) is 15.2. The van der Waals surface area contributed by atoms with Gasteiger partial charge in [-0.3, -0.25) is 9.35 Å². The van der Waals surface area contributed by atoms with Crippen LogP contribution in [-0.4, -0.2) is 156 Å². The summed E-state index contributed by atoms with van der Waals surface area (Å²) >= 11 is 0. The number of primary amides is 1. The molecule has 15 nitrogen and oxygen atoms in total. The third-order valence-electron chi connectivity index (χ3n) is 5.08. The molecular weight excluding hydrogens is 600 g/mol. The normalized spacial score (nSPS) is 15.3. The summed E-state index contributed by atoms with van der Waals surface area (Å²) in [7, 11) is -10.0. The summed E-state index contributed by atoms with van der Waals surface area (Å²) in [5.74, 6) is -1.23. The van der Waals surface area contributed by atoms with Crippen LogP contribution >= 0.6 is 0 Å². The van der Waals surface area contributed by atoms with Crippen molar-refractivity contribution < 1.29 is 64.3 Å². The molecule has 5 atom stereocenters. The monoisotopic (exact) mass is 647 g/mol. The third-order valence-corrected chi connectivity index (χ3v) is 6.88. The van der Waals surface area contributed by atoms with Crippen molar-refractivity contribution in [2.75, 3.05) is 13.2 Å². The van der Waals surface area contributed by atoms with Crippen LogP contribution in [0.3, 0.4) is 0 Å². The van der Waals surface area contributed by atoms with Crippen LogP contribution in [0.15, 0.2) is 0 Å². The number of nitrogens with two attached hydrogens (primary N) is 1. The van der Waals surface area contributed by atoms with Gasteiger partial charge in [-0.15, -0.1) is 3.63 Å². The van der Waals surface area contributed by atoms with Crippen molar-refractivity contribution in [1.29, 1.82) is 0 Å². The number of hydrogen-bond donors (Lipinski definition) is 7. The van der Waals surface area contributed by atoms with Gasteiger partial charge in [0.1, 0.15) is 18.3 Å². The molecule has 0 aromatic heterocycles. The first kappa shape index (κ1) is 47.9. The maximum absolute atomic E-state index is 11.3. The number of ether oxygens (including phenoxy) is 1. The Morgan fingerprint density at radius 3 is 1.62 bits per heavy atom. The Hall–Kier alpha value is 1.01. The van der Waals surface area contributed by atoms with E-state index in [1.807, 2.05) is 0 Å². The Balaban J connectivity index is -0.000000368. The standard InChI is InChI=1S/C15H32O8S2.C6H13NO6.2Na.2H/c1-3-5-6-7-8-9-10-11-12-13-14-21-15(4-2)22-25(19,20)23-24(16,17)18;7-6(13)5(12)4(11)3(10)2(9)1-8;;;;/h15H,3-14H2,1-2H3,(H,16,17,18);2-5,8-12H,1H2,(H2,7,13);;;;/t;2-,3-,4+,5-;;;;/m.1..../s1. The second-order valence-electron chi connectivity index (χ2n) is 8.47. The average Bonchev–Trinajstić information content (AvgIpc) is 2.83. The topological polar surface area (TPSA) is 260 Å². The average molecular weight is 648 g/mol. The molecule has 0 heterocycles. The molecule has 40 heavy (non-hydrogen) atoms. The molecule has 0 aromatic rings.